The van der Waals surface area contributed by atoms with Gasteiger partial charge in [-0.25, -0.2) is 14.8 Å². The summed E-state index contributed by atoms with van der Waals surface area (Å²) in [6, 6.07) is 13.8. The second-order valence-electron chi connectivity index (χ2n) is 5.78. The Morgan fingerprint density at radius 3 is 2.27 bits per heavy atom. The average Bonchev–Trinajstić information content (AvgIpc) is 2.58. The van der Waals surface area contributed by atoms with E-state index in [1.54, 1.807) is 25.1 Å². The van der Waals surface area contributed by atoms with Gasteiger partial charge in [0.15, 0.2) is 0 Å². The smallest absolute Gasteiger partial charge is 0.335 e. The van der Waals surface area contributed by atoms with Gasteiger partial charge in [-0.1, -0.05) is 17.7 Å². The molecule has 0 radical (unpaired) electrons. The van der Waals surface area contributed by atoms with Crippen molar-refractivity contribution in [2.24, 2.45) is 0 Å². The average molecular weight is 369 g/mol. The Morgan fingerprint density at radius 1 is 0.962 bits per heavy atom. The Kier molecular flexibility index (Phi) is 5.04. The fourth-order valence-electron chi connectivity index (χ4n) is 2.41. The molecule has 0 unspecified atom stereocenters. The topological polar surface area (TPSA) is 87.1 Å². The lowest BCUT2D eigenvalue weighted by atomic mass is 10.2. The quantitative estimate of drug-likeness (QED) is 0.591. The molecule has 3 rings (SSSR count). The van der Waals surface area contributed by atoms with Gasteiger partial charge in [0.1, 0.15) is 17.5 Å². The molecule has 2 aromatic carbocycles. The van der Waals surface area contributed by atoms with Crippen LogP contribution in [0.15, 0.2) is 48.5 Å². The number of carboxylic acids is 1. The van der Waals surface area contributed by atoms with Crippen LogP contribution in [0.25, 0.3) is 0 Å². The van der Waals surface area contributed by atoms with Crippen molar-refractivity contribution < 1.29 is 9.90 Å². The van der Waals surface area contributed by atoms with Crippen molar-refractivity contribution in [2.45, 2.75) is 13.8 Å². The van der Waals surface area contributed by atoms with Gasteiger partial charge in [0.05, 0.1) is 5.56 Å². The summed E-state index contributed by atoms with van der Waals surface area (Å²) in [5.41, 5.74) is 2.88. The third-order valence-electron chi connectivity index (χ3n) is 3.70. The maximum Gasteiger partial charge on any atom is 0.335 e. The van der Waals surface area contributed by atoms with E-state index in [4.69, 9.17) is 16.7 Å². The van der Waals surface area contributed by atoms with E-state index in [0.29, 0.717) is 22.5 Å². The highest BCUT2D eigenvalue weighted by Crippen LogP contribution is 2.25. The third kappa shape index (κ3) is 4.29. The lowest BCUT2D eigenvalue weighted by Crippen LogP contribution is -2.02. The number of nitrogens with one attached hydrogen (secondary N) is 2. The highest BCUT2D eigenvalue weighted by atomic mass is 35.5. The first-order valence-corrected chi connectivity index (χ1v) is 8.28. The van der Waals surface area contributed by atoms with Gasteiger partial charge in [0.25, 0.3) is 0 Å². The molecular weight excluding hydrogens is 352 g/mol. The summed E-state index contributed by atoms with van der Waals surface area (Å²) in [6.45, 7) is 3.78. The van der Waals surface area contributed by atoms with E-state index in [0.717, 1.165) is 16.9 Å². The van der Waals surface area contributed by atoms with E-state index >= 15 is 0 Å². The van der Waals surface area contributed by atoms with Gasteiger partial charge in [0, 0.05) is 22.5 Å². The van der Waals surface area contributed by atoms with E-state index in [1.165, 1.54) is 12.1 Å². The van der Waals surface area contributed by atoms with Crippen LogP contribution >= 0.6 is 11.6 Å². The number of aryl methyl sites for hydroxylation is 2. The minimum Gasteiger partial charge on any atom is -0.478 e. The zero-order valence-electron chi connectivity index (χ0n) is 14.2. The fourth-order valence-corrected chi connectivity index (χ4v) is 2.58. The largest absolute Gasteiger partial charge is 0.478 e. The van der Waals surface area contributed by atoms with Crippen LogP contribution in [-0.2, 0) is 0 Å². The summed E-state index contributed by atoms with van der Waals surface area (Å²) in [7, 11) is 0. The van der Waals surface area contributed by atoms with E-state index in [-0.39, 0.29) is 5.56 Å². The van der Waals surface area contributed by atoms with Gasteiger partial charge in [0.2, 0.25) is 0 Å². The first-order chi connectivity index (χ1) is 12.4. The second-order valence-corrected chi connectivity index (χ2v) is 6.21. The fraction of sp³-hybridized carbons (Fsp3) is 0.105. The van der Waals surface area contributed by atoms with Crippen molar-refractivity contribution in [3.05, 3.63) is 70.5 Å². The molecule has 0 bridgehead atoms. The van der Waals surface area contributed by atoms with Crippen molar-refractivity contribution in [1.29, 1.82) is 0 Å². The summed E-state index contributed by atoms with van der Waals surface area (Å²) in [6.07, 6.45) is 0. The van der Waals surface area contributed by atoms with Gasteiger partial charge in [-0.2, -0.15) is 0 Å². The predicted octanol–water partition coefficient (Wildman–Crippen LogP) is 4.93. The molecule has 0 atom stereocenters. The minimum atomic E-state index is -0.960. The molecule has 0 aliphatic rings. The summed E-state index contributed by atoms with van der Waals surface area (Å²) in [5.74, 6) is 0.868. The van der Waals surface area contributed by atoms with E-state index in [9.17, 15) is 4.79 Å². The number of carbonyl (C=O) groups is 1. The Balaban J connectivity index is 1.83. The third-order valence-corrected chi connectivity index (χ3v) is 3.94. The molecule has 6 nitrogen and oxygen atoms in total. The van der Waals surface area contributed by atoms with Gasteiger partial charge >= 0.3 is 5.97 Å². The first-order valence-electron chi connectivity index (χ1n) is 7.90. The van der Waals surface area contributed by atoms with Crippen molar-refractivity contribution in [2.75, 3.05) is 10.6 Å². The molecule has 0 aliphatic carbocycles. The van der Waals surface area contributed by atoms with Crippen LogP contribution < -0.4 is 10.6 Å². The summed E-state index contributed by atoms with van der Waals surface area (Å²) in [5, 5.41) is 16.0. The number of halogens is 1. The molecule has 0 spiro atoms. The second kappa shape index (κ2) is 7.41. The zero-order valence-corrected chi connectivity index (χ0v) is 15.0. The number of anilines is 4. The molecule has 26 heavy (non-hydrogen) atoms. The van der Waals surface area contributed by atoms with Crippen LogP contribution in [0.1, 0.15) is 21.7 Å². The Morgan fingerprint density at radius 2 is 1.62 bits per heavy atom. The number of nitrogens with zero attached hydrogens (tertiary/aromatic N) is 2. The zero-order chi connectivity index (χ0) is 18.7. The van der Waals surface area contributed by atoms with Crippen LogP contribution in [0.5, 0.6) is 0 Å². The maximum atomic E-state index is 10.9. The monoisotopic (exact) mass is 368 g/mol. The predicted molar refractivity (Wildman–Crippen MR) is 103 cm³/mol. The standard InChI is InChI=1S/C19H17ClN4O2/c1-11-3-6-14(20)9-16(11)24-18-10-17(21-12(2)22-18)23-15-7-4-13(5-8-15)19(25)26/h3-10H,1-2H3,(H,25,26)(H2,21,22,23,24). The van der Waals surface area contributed by atoms with Crippen LogP contribution in [-0.4, -0.2) is 21.0 Å². The van der Waals surface area contributed by atoms with E-state index in [2.05, 4.69) is 20.6 Å². The molecule has 1 aromatic heterocycles. The highest BCUT2D eigenvalue weighted by molar-refractivity contribution is 6.30. The molecule has 0 saturated carbocycles. The van der Waals surface area contributed by atoms with Gasteiger partial charge in [-0.3, -0.25) is 0 Å². The Labute approximate surface area is 155 Å². The van der Waals surface area contributed by atoms with Crippen LogP contribution in [0.3, 0.4) is 0 Å². The summed E-state index contributed by atoms with van der Waals surface area (Å²) in [4.78, 5) is 19.7. The minimum absolute atomic E-state index is 0.230. The number of rotatable bonds is 5. The number of hydrogen-bond donors (Lipinski definition) is 3. The van der Waals surface area contributed by atoms with Crippen molar-refractivity contribution >= 4 is 40.6 Å². The van der Waals surface area contributed by atoms with Gasteiger partial charge < -0.3 is 15.7 Å². The molecule has 132 valence electrons. The summed E-state index contributed by atoms with van der Waals surface area (Å²) >= 11 is 6.06. The molecule has 0 fully saturated rings. The molecule has 3 N–H and O–H groups in total. The van der Waals surface area contributed by atoms with Crippen molar-refractivity contribution in [1.82, 2.24) is 9.97 Å². The number of aromatic carboxylic acids is 1. The van der Waals surface area contributed by atoms with E-state index in [1.807, 2.05) is 25.1 Å². The van der Waals surface area contributed by atoms with Gasteiger partial charge in [-0.05, 0) is 55.8 Å². The number of benzene rings is 2. The molecule has 0 aliphatic heterocycles. The number of hydrogen-bond acceptors (Lipinski definition) is 5. The normalized spacial score (nSPS) is 10.4. The molecule has 7 heteroatoms. The highest BCUT2D eigenvalue weighted by Gasteiger charge is 2.07. The van der Waals surface area contributed by atoms with Crippen molar-refractivity contribution in [3.63, 3.8) is 0 Å². The Hall–Kier alpha value is -3.12. The van der Waals surface area contributed by atoms with Crippen LogP contribution in [0, 0.1) is 13.8 Å². The first kappa shape index (κ1) is 17.7. The van der Waals surface area contributed by atoms with Crippen LogP contribution in [0.2, 0.25) is 5.02 Å². The maximum absolute atomic E-state index is 10.9. The number of carboxylic acid groups (broad SMARTS) is 1. The number of aromatic nitrogens is 2. The van der Waals surface area contributed by atoms with Crippen LogP contribution in [0.4, 0.5) is 23.0 Å². The molecule has 3 aromatic rings. The van der Waals surface area contributed by atoms with Gasteiger partial charge in [-0.15, -0.1) is 0 Å². The summed E-state index contributed by atoms with van der Waals surface area (Å²) < 4.78 is 0. The molecular formula is C19H17ClN4O2. The molecule has 1 heterocycles. The van der Waals surface area contributed by atoms with E-state index < -0.39 is 5.97 Å². The van der Waals surface area contributed by atoms with Crippen molar-refractivity contribution in [3.8, 4) is 0 Å². The lowest BCUT2D eigenvalue weighted by molar-refractivity contribution is 0.0697. The molecule has 0 saturated heterocycles. The Bertz CT molecular complexity index is 958. The lowest BCUT2D eigenvalue weighted by Gasteiger charge is -2.12. The molecule has 0 amide bonds. The SMILES string of the molecule is Cc1nc(Nc2ccc(C(=O)O)cc2)cc(Nc2cc(Cl)ccc2C)n1.